The third-order valence-electron chi connectivity index (χ3n) is 3.94. The van der Waals surface area contributed by atoms with Gasteiger partial charge in [0.2, 0.25) is 5.91 Å². The second kappa shape index (κ2) is 8.88. The van der Waals surface area contributed by atoms with E-state index in [-0.39, 0.29) is 5.91 Å². The van der Waals surface area contributed by atoms with Crippen molar-refractivity contribution < 1.29 is 4.79 Å². The Kier molecular flexibility index (Phi) is 6.31. The molecule has 5 heteroatoms. The average Bonchev–Trinajstić information content (AvgIpc) is 2.67. The van der Waals surface area contributed by atoms with Gasteiger partial charge in [-0.15, -0.1) is 11.8 Å². The van der Waals surface area contributed by atoms with Gasteiger partial charge in [-0.3, -0.25) is 4.79 Å². The van der Waals surface area contributed by atoms with Crippen LogP contribution in [0.15, 0.2) is 71.8 Å². The fourth-order valence-electron chi connectivity index (χ4n) is 2.62. The SMILES string of the molecule is CC(=NNC(=O)CSCc1ccc(Cl)cc1)c1cccc2ccccc12. The number of benzene rings is 3. The van der Waals surface area contributed by atoms with Crippen molar-refractivity contribution >= 4 is 45.8 Å². The lowest BCUT2D eigenvalue weighted by molar-refractivity contribution is -0.118. The zero-order chi connectivity index (χ0) is 18.4. The number of thioether (sulfide) groups is 1. The van der Waals surface area contributed by atoms with E-state index in [1.54, 1.807) is 11.8 Å². The highest BCUT2D eigenvalue weighted by Gasteiger charge is 2.05. The summed E-state index contributed by atoms with van der Waals surface area (Å²) < 4.78 is 0. The second-order valence-corrected chi connectivity index (χ2v) is 7.30. The van der Waals surface area contributed by atoms with Crippen LogP contribution >= 0.6 is 23.4 Å². The van der Waals surface area contributed by atoms with E-state index in [0.717, 1.165) is 38.4 Å². The molecule has 1 amide bonds. The number of carbonyl (C=O) groups excluding carboxylic acids is 1. The molecule has 3 rings (SSSR count). The number of halogens is 1. The first-order chi connectivity index (χ1) is 12.6. The second-order valence-electron chi connectivity index (χ2n) is 5.88. The molecule has 0 aromatic heterocycles. The molecule has 0 radical (unpaired) electrons. The maximum atomic E-state index is 12.0. The van der Waals surface area contributed by atoms with Gasteiger partial charge in [-0.05, 0) is 35.4 Å². The number of hydrogen-bond donors (Lipinski definition) is 1. The number of nitrogens with one attached hydrogen (secondary N) is 1. The third-order valence-corrected chi connectivity index (χ3v) is 5.20. The van der Waals surface area contributed by atoms with Crippen molar-refractivity contribution in [3.8, 4) is 0 Å². The molecule has 0 aliphatic carbocycles. The fraction of sp³-hybridized carbons (Fsp3) is 0.143. The molecule has 0 bridgehead atoms. The van der Waals surface area contributed by atoms with E-state index in [9.17, 15) is 4.79 Å². The Labute approximate surface area is 162 Å². The summed E-state index contributed by atoms with van der Waals surface area (Å²) in [5.41, 5.74) is 5.60. The molecule has 1 N–H and O–H groups in total. The number of fused-ring (bicyclic) bond motifs is 1. The molecule has 3 aromatic carbocycles. The minimum Gasteiger partial charge on any atom is -0.272 e. The number of amides is 1. The number of nitrogens with zero attached hydrogens (tertiary/aromatic N) is 1. The van der Waals surface area contributed by atoms with E-state index in [2.05, 4.69) is 28.7 Å². The molecule has 0 atom stereocenters. The van der Waals surface area contributed by atoms with Crippen molar-refractivity contribution in [3.05, 3.63) is 82.9 Å². The van der Waals surface area contributed by atoms with Gasteiger partial charge >= 0.3 is 0 Å². The summed E-state index contributed by atoms with van der Waals surface area (Å²) in [7, 11) is 0. The minimum absolute atomic E-state index is 0.108. The van der Waals surface area contributed by atoms with Gasteiger partial charge in [0.1, 0.15) is 0 Å². The molecular formula is C21H19ClN2OS. The lowest BCUT2D eigenvalue weighted by atomic mass is 10.0. The molecule has 132 valence electrons. The van der Waals surface area contributed by atoms with Crippen LogP contribution in [-0.2, 0) is 10.5 Å². The molecule has 0 aliphatic rings. The molecule has 0 saturated heterocycles. The monoisotopic (exact) mass is 382 g/mol. The Bertz CT molecular complexity index is 933. The molecule has 0 unspecified atom stereocenters. The molecule has 0 saturated carbocycles. The summed E-state index contributed by atoms with van der Waals surface area (Å²) in [4.78, 5) is 12.0. The zero-order valence-corrected chi connectivity index (χ0v) is 16.0. The van der Waals surface area contributed by atoms with E-state index in [0.29, 0.717) is 5.75 Å². The van der Waals surface area contributed by atoms with Gasteiger partial charge in [0.05, 0.1) is 11.5 Å². The quantitative estimate of drug-likeness (QED) is 0.466. The largest absolute Gasteiger partial charge is 0.272 e. The predicted molar refractivity (Wildman–Crippen MR) is 112 cm³/mol. The van der Waals surface area contributed by atoms with Gasteiger partial charge in [0.25, 0.3) is 0 Å². The average molecular weight is 383 g/mol. The Morgan fingerprint density at radius 1 is 1.04 bits per heavy atom. The Balaban J connectivity index is 1.56. The van der Waals surface area contributed by atoms with Crippen LogP contribution in [0.25, 0.3) is 10.8 Å². The number of hydrazone groups is 1. The van der Waals surface area contributed by atoms with Crippen molar-refractivity contribution in [2.24, 2.45) is 5.10 Å². The smallest absolute Gasteiger partial charge is 0.250 e. The van der Waals surface area contributed by atoms with Crippen LogP contribution in [0.4, 0.5) is 0 Å². The fourth-order valence-corrected chi connectivity index (χ4v) is 3.53. The van der Waals surface area contributed by atoms with Gasteiger partial charge < -0.3 is 0 Å². The van der Waals surface area contributed by atoms with Crippen LogP contribution < -0.4 is 5.43 Å². The Morgan fingerprint density at radius 2 is 1.77 bits per heavy atom. The summed E-state index contributed by atoms with van der Waals surface area (Å²) >= 11 is 7.41. The minimum atomic E-state index is -0.108. The van der Waals surface area contributed by atoms with Crippen molar-refractivity contribution in [3.63, 3.8) is 0 Å². The van der Waals surface area contributed by atoms with Crippen LogP contribution in [0.2, 0.25) is 5.02 Å². The van der Waals surface area contributed by atoms with Gasteiger partial charge in [-0.25, -0.2) is 5.43 Å². The number of carbonyl (C=O) groups is 1. The van der Waals surface area contributed by atoms with Crippen molar-refractivity contribution in [1.29, 1.82) is 0 Å². The molecule has 26 heavy (non-hydrogen) atoms. The van der Waals surface area contributed by atoms with E-state index < -0.39 is 0 Å². The summed E-state index contributed by atoms with van der Waals surface area (Å²) in [5.74, 6) is 1.01. The third kappa shape index (κ3) is 4.87. The van der Waals surface area contributed by atoms with Crippen LogP contribution in [0, 0.1) is 0 Å². The van der Waals surface area contributed by atoms with Crippen LogP contribution in [0.1, 0.15) is 18.1 Å². The Hall–Kier alpha value is -2.30. The molecule has 3 aromatic rings. The molecule has 3 nitrogen and oxygen atoms in total. The highest BCUT2D eigenvalue weighted by Crippen LogP contribution is 2.19. The van der Waals surface area contributed by atoms with Crippen LogP contribution in [-0.4, -0.2) is 17.4 Å². The topological polar surface area (TPSA) is 41.5 Å². The van der Waals surface area contributed by atoms with E-state index >= 15 is 0 Å². The van der Waals surface area contributed by atoms with E-state index in [1.807, 2.05) is 55.5 Å². The van der Waals surface area contributed by atoms with Crippen molar-refractivity contribution in [2.45, 2.75) is 12.7 Å². The Morgan fingerprint density at radius 3 is 2.58 bits per heavy atom. The van der Waals surface area contributed by atoms with Gasteiger partial charge in [0, 0.05) is 16.3 Å². The molecule has 0 heterocycles. The molecular weight excluding hydrogens is 364 g/mol. The summed E-state index contributed by atoms with van der Waals surface area (Å²) in [5, 5.41) is 7.27. The van der Waals surface area contributed by atoms with Gasteiger partial charge in [0.15, 0.2) is 0 Å². The summed E-state index contributed by atoms with van der Waals surface area (Å²) in [6, 6.07) is 21.9. The van der Waals surface area contributed by atoms with Crippen molar-refractivity contribution in [2.75, 3.05) is 5.75 Å². The number of hydrogen-bond acceptors (Lipinski definition) is 3. The standard InChI is InChI=1S/C21H19ClN2OS/c1-15(19-8-4-6-17-5-2-3-7-20(17)19)23-24-21(25)14-26-13-16-9-11-18(22)12-10-16/h2-12H,13-14H2,1H3,(H,24,25). The van der Waals surface area contributed by atoms with Crippen LogP contribution in [0.3, 0.4) is 0 Å². The zero-order valence-electron chi connectivity index (χ0n) is 14.4. The predicted octanol–water partition coefficient (Wildman–Crippen LogP) is 5.27. The first kappa shape index (κ1) is 18.5. The first-order valence-corrected chi connectivity index (χ1v) is 9.80. The molecule has 0 aliphatic heterocycles. The maximum Gasteiger partial charge on any atom is 0.250 e. The van der Waals surface area contributed by atoms with E-state index in [1.165, 1.54) is 0 Å². The lowest BCUT2D eigenvalue weighted by Crippen LogP contribution is -2.21. The van der Waals surface area contributed by atoms with Crippen LogP contribution in [0.5, 0.6) is 0 Å². The summed E-state index contributed by atoms with van der Waals surface area (Å²) in [6.07, 6.45) is 0. The lowest BCUT2D eigenvalue weighted by Gasteiger charge is -2.07. The molecule has 0 spiro atoms. The highest BCUT2D eigenvalue weighted by molar-refractivity contribution is 7.99. The highest BCUT2D eigenvalue weighted by atomic mass is 35.5. The number of rotatable bonds is 6. The van der Waals surface area contributed by atoms with Gasteiger partial charge in [-0.1, -0.05) is 66.2 Å². The van der Waals surface area contributed by atoms with Gasteiger partial charge in [-0.2, -0.15) is 5.10 Å². The molecule has 0 fully saturated rings. The van der Waals surface area contributed by atoms with Crippen molar-refractivity contribution in [1.82, 2.24) is 5.43 Å². The first-order valence-electron chi connectivity index (χ1n) is 8.27. The maximum absolute atomic E-state index is 12.0. The summed E-state index contributed by atoms with van der Waals surface area (Å²) in [6.45, 7) is 1.91. The van der Waals surface area contributed by atoms with E-state index in [4.69, 9.17) is 11.6 Å². The normalized spacial score (nSPS) is 11.5.